The number of nitrogens with two attached hydrogens (primary N) is 1. The summed E-state index contributed by atoms with van der Waals surface area (Å²) in [5.41, 5.74) is 5.37. The normalized spacial score (nSPS) is 12.1. The summed E-state index contributed by atoms with van der Waals surface area (Å²) in [6, 6.07) is 2.96. The molecule has 2 rings (SSSR count). The van der Waals surface area contributed by atoms with Gasteiger partial charge in [0.2, 0.25) is 0 Å². The van der Waals surface area contributed by atoms with Crippen LogP contribution in [0.2, 0.25) is 0 Å². The molecular formula is C13H17N5O2S. The smallest absolute Gasteiger partial charge is 0.268 e. The summed E-state index contributed by atoms with van der Waals surface area (Å²) >= 11 is 0. The lowest BCUT2D eigenvalue weighted by molar-refractivity contribution is 0.535. The van der Waals surface area contributed by atoms with Gasteiger partial charge in [0.15, 0.2) is 0 Å². The number of pyridine rings is 1. The van der Waals surface area contributed by atoms with E-state index in [0.29, 0.717) is 5.69 Å². The predicted molar refractivity (Wildman–Crippen MR) is 80.1 cm³/mol. The van der Waals surface area contributed by atoms with Gasteiger partial charge in [-0.05, 0) is 32.9 Å². The minimum Gasteiger partial charge on any atom is -0.383 e. The van der Waals surface area contributed by atoms with Gasteiger partial charge in [0.1, 0.15) is 17.0 Å². The molecule has 7 nitrogen and oxygen atoms in total. The third-order valence-corrected chi connectivity index (χ3v) is 4.85. The second-order valence-corrected chi connectivity index (χ2v) is 7.18. The van der Waals surface area contributed by atoms with Crippen LogP contribution >= 0.6 is 0 Å². The van der Waals surface area contributed by atoms with Crippen molar-refractivity contribution in [2.45, 2.75) is 31.2 Å². The lowest BCUT2D eigenvalue weighted by atomic mass is 10.1. The van der Waals surface area contributed by atoms with Crippen LogP contribution in [0, 0.1) is 0 Å². The van der Waals surface area contributed by atoms with Crippen molar-refractivity contribution in [3.63, 3.8) is 0 Å². The Kier molecular flexibility index (Phi) is 3.82. The number of anilines is 2. The van der Waals surface area contributed by atoms with Gasteiger partial charge >= 0.3 is 0 Å². The van der Waals surface area contributed by atoms with Crippen LogP contribution in [0.5, 0.6) is 0 Å². The van der Waals surface area contributed by atoms with Gasteiger partial charge in [-0.1, -0.05) is 0 Å². The van der Waals surface area contributed by atoms with E-state index < -0.39 is 15.6 Å². The topological polar surface area (TPSA) is 102 Å². The largest absolute Gasteiger partial charge is 0.383 e. The molecule has 0 radical (unpaired) electrons. The van der Waals surface area contributed by atoms with Gasteiger partial charge in [-0.2, -0.15) is 0 Å². The van der Waals surface area contributed by atoms with E-state index in [4.69, 9.17) is 5.73 Å². The van der Waals surface area contributed by atoms with E-state index in [2.05, 4.69) is 15.0 Å². The van der Waals surface area contributed by atoms with E-state index in [1.54, 1.807) is 20.8 Å². The molecule has 0 unspecified atom stereocenters. The summed E-state index contributed by atoms with van der Waals surface area (Å²) in [6.07, 6.45) is 5.68. The molecule has 0 bridgehead atoms. The van der Waals surface area contributed by atoms with Crippen LogP contribution in [0.1, 0.15) is 20.8 Å². The van der Waals surface area contributed by atoms with E-state index in [0.717, 1.165) is 0 Å². The number of aromatic nitrogens is 3. The fourth-order valence-electron chi connectivity index (χ4n) is 2.00. The molecule has 112 valence electrons. The lowest BCUT2D eigenvalue weighted by Crippen LogP contribution is -2.46. The van der Waals surface area contributed by atoms with E-state index in [1.165, 1.54) is 41.4 Å². The van der Waals surface area contributed by atoms with Gasteiger partial charge in [0, 0.05) is 11.7 Å². The van der Waals surface area contributed by atoms with Crippen LogP contribution in [0.3, 0.4) is 0 Å². The molecule has 0 aliphatic rings. The minimum atomic E-state index is -3.88. The highest BCUT2D eigenvalue weighted by Crippen LogP contribution is 2.31. The number of hydrogen-bond donors (Lipinski definition) is 1. The first kappa shape index (κ1) is 15.2. The van der Waals surface area contributed by atoms with Crippen LogP contribution in [0.15, 0.2) is 41.9 Å². The van der Waals surface area contributed by atoms with Gasteiger partial charge in [-0.25, -0.2) is 23.4 Å². The zero-order valence-corrected chi connectivity index (χ0v) is 12.9. The zero-order valence-electron chi connectivity index (χ0n) is 12.1. The van der Waals surface area contributed by atoms with E-state index in [9.17, 15) is 8.42 Å². The first-order valence-electron chi connectivity index (χ1n) is 6.25. The van der Waals surface area contributed by atoms with Crippen molar-refractivity contribution in [1.29, 1.82) is 0 Å². The Balaban J connectivity index is 2.65. The second-order valence-electron chi connectivity index (χ2n) is 5.42. The molecular weight excluding hydrogens is 290 g/mol. The summed E-state index contributed by atoms with van der Waals surface area (Å²) < 4.78 is 27.1. The van der Waals surface area contributed by atoms with Gasteiger partial charge in [0.25, 0.3) is 10.0 Å². The van der Waals surface area contributed by atoms with Crippen LogP contribution < -0.4 is 10.0 Å². The Morgan fingerprint density at radius 1 is 1.19 bits per heavy atom. The van der Waals surface area contributed by atoms with Gasteiger partial charge < -0.3 is 5.73 Å². The SMILES string of the molecule is CC(C)(C)N(c1cncnc1)S(=O)(=O)c1cccnc1N. The average Bonchev–Trinajstić information content (AvgIpc) is 2.38. The highest BCUT2D eigenvalue weighted by Gasteiger charge is 2.36. The molecule has 8 heteroatoms. The van der Waals surface area contributed by atoms with E-state index in [1.807, 2.05) is 0 Å². The quantitative estimate of drug-likeness (QED) is 0.920. The molecule has 0 aliphatic carbocycles. The third-order valence-electron chi connectivity index (χ3n) is 2.71. The first-order valence-corrected chi connectivity index (χ1v) is 7.69. The minimum absolute atomic E-state index is 0.0382. The highest BCUT2D eigenvalue weighted by molar-refractivity contribution is 7.93. The summed E-state index contributed by atoms with van der Waals surface area (Å²) in [6.45, 7) is 5.35. The van der Waals surface area contributed by atoms with Crippen LogP contribution in [-0.2, 0) is 10.0 Å². The summed E-state index contributed by atoms with van der Waals surface area (Å²) in [7, 11) is -3.88. The Morgan fingerprint density at radius 2 is 1.81 bits per heavy atom. The number of sulfonamides is 1. The molecule has 0 aromatic carbocycles. The Hall–Kier alpha value is -2.22. The molecule has 0 atom stereocenters. The Morgan fingerprint density at radius 3 is 2.33 bits per heavy atom. The molecule has 0 saturated carbocycles. The average molecular weight is 307 g/mol. The summed E-state index contributed by atoms with van der Waals surface area (Å²) in [5, 5.41) is 0. The van der Waals surface area contributed by atoms with Gasteiger partial charge in [-0.15, -0.1) is 0 Å². The van der Waals surface area contributed by atoms with Gasteiger partial charge in [-0.3, -0.25) is 4.31 Å². The first-order chi connectivity index (χ1) is 9.74. The fourth-order valence-corrected chi connectivity index (χ4v) is 3.86. The van der Waals surface area contributed by atoms with E-state index in [-0.39, 0.29) is 10.7 Å². The van der Waals surface area contributed by atoms with Crippen LogP contribution in [0.4, 0.5) is 11.5 Å². The molecule has 21 heavy (non-hydrogen) atoms. The zero-order chi connectivity index (χ0) is 15.7. The van der Waals surface area contributed by atoms with Crippen molar-refractivity contribution in [2.24, 2.45) is 0 Å². The number of hydrogen-bond acceptors (Lipinski definition) is 6. The Bertz CT molecular complexity index is 726. The van der Waals surface area contributed by atoms with Crippen LogP contribution in [0.25, 0.3) is 0 Å². The molecule has 2 aromatic rings. The maximum Gasteiger partial charge on any atom is 0.268 e. The van der Waals surface area contributed by atoms with E-state index >= 15 is 0 Å². The van der Waals surface area contributed by atoms with Crippen molar-refractivity contribution < 1.29 is 8.42 Å². The predicted octanol–water partition coefficient (Wildman–Crippen LogP) is 1.45. The second kappa shape index (κ2) is 5.28. The molecule has 2 heterocycles. The van der Waals surface area contributed by atoms with Crippen molar-refractivity contribution in [2.75, 3.05) is 10.0 Å². The monoisotopic (exact) mass is 307 g/mol. The molecule has 0 saturated heterocycles. The number of nitrogens with zero attached hydrogens (tertiary/aromatic N) is 4. The number of nitrogen functional groups attached to an aromatic ring is 1. The summed E-state index contributed by atoms with van der Waals surface area (Å²) in [4.78, 5) is 11.6. The van der Waals surface area contributed by atoms with Crippen molar-refractivity contribution in [3.05, 3.63) is 37.1 Å². The maximum absolute atomic E-state index is 13.0. The molecule has 0 spiro atoms. The van der Waals surface area contributed by atoms with Crippen molar-refractivity contribution in [1.82, 2.24) is 15.0 Å². The molecule has 2 aromatic heterocycles. The molecule has 0 aliphatic heterocycles. The Labute approximate surface area is 123 Å². The van der Waals surface area contributed by atoms with Crippen molar-refractivity contribution >= 4 is 21.5 Å². The number of rotatable bonds is 3. The lowest BCUT2D eigenvalue weighted by Gasteiger charge is -2.35. The highest BCUT2D eigenvalue weighted by atomic mass is 32.2. The fraction of sp³-hybridized carbons (Fsp3) is 0.308. The maximum atomic E-state index is 13.0. The molecule has 2 N–H and O–H groups in total. The third kappa shape index (κ3) is 2.94. The summed E-state index contributed by atoms with van der Waals surface area (Å²) in [5.74, 6) is -0.0383. The standard InChI is InChI=1S/C13H17N5O2S/c1-13(2,3)18(10-7-15-9-16-8-10)21(19,20)11-5-4-6-17-12(11)14/h4-9H,1-3H3,(H2,14,17). The van der Waals surface area contributed by atoms with Crippen molar-refractivity contribution in [3.8, 4) is 0 Å². The van der Waals surface area contributed by atoms with Gasteiger partial charge in [0.05, 0.1) is 18.1 Å². The van der Waals surface area contributed by atoms with Crippen LogP contribution in [-0.4, -0.2) is 28.9 Å². The molecule has 0 amide bonds. The molecule has 0 fully saturated rings.